The summed E-state index contributed by atoms with van der Waals surface area (Å²) in [4.78, 5) is 38.8. The van der Waals surface area contributed by atoms with Gasteiger partial charge >= 0.3 is 6.03 Å². The Labute approximate surface area is 219 Å². The Morgan fingerprint density at radius 3 is 2.43 bits per heavy atom. The van der Waals surface area contributed by atoms with Gasteiger partial charge in [-0.05, 0) is 54.1 Å². The van der Waals surface area contributed by atoms with E-state index >= 15 is 0 Å². The van der Waals surface area contributed by atoms with Gasteiger partial charge in [-0.15, -0.1) is 0 Å². The first-order valence-electron chi connectivity index (χ1n) is 10.2. The van der Waals surface area contributed by atoms with E-state index in [0.717, 1.165) is 14.9 Å². The molecule has 7 nitrogen and oxygen atoms in total. The van der Waals surface area contributed by atoms with Gasteiger partial charge in [0.2, 0.25) is 0 Å². The zero-order valence-electron chi connectivity index (χ0n) is 18.2. The van der Waals surface area contributed by atoms with E-state index in [0.29, 0.717) is 22.1 Å². The predicted molar refractivity (Wildman–Crippen MR) is 137 cm³/mol. The summed E-state index contributed by atoms with van der Waals surface area (Å²) in [6.45, 7) is 0.233. The van der Waals surface area contributed by atoms with Gasteiger partial charge in [0.05, 0.1) is 17.8 Å². The molecule has 0 aromatic heterocycles. The minimum Gasteiger partial charge on any atom is -0.493 e. The van der Waals surface area contributed by atoms with Crippen molar-refractivity contribution in [3.05, 3.63) is 91.9 Å². The number of rotatable bonds is 6. The van der Waals surface area contributed by atoms with E-state index in [2.05, 4.69) is 21.2 Å². The average molecular weight is 576 g/mol. The lowest BCUT2D eigenvalue weighted by molar-refractivity contribution is -0.122. The van der Waals surface area contributed by atoms with E-state index in [4.69, 9.17) is 32.7 Å². The van der Waals surface area contributed by atoms with Crippen LogP contribution in [-0.2, 0) is 16.2 Å². The summed E-state index contributed by atoms with van der Waals surface area (Å²) in [6.07, 6.45) is 1.33. The molecule has 1 aliphatic rings. The highest BCUT2D eigenvalue weighted by molar-refractivity contribution is 9.10. The maximum atomic E-state index is 13.1. The van der Waals surface area contributed by atoms with E-state index in [1.54, 1.807) is 6.07 Å². The maximum Gasteiger partial charge on any atom is 0.335 e. The second kappa shape index (κ2) is 10.5. The van der Waals surface area contributed by atoms with Crippen molar-refractivity contribution >= 4 is 68.7 Å². The Bertz CT molecular complexity index is 1360. The Morgan fingerprint density at radius 1 is 1.03 bits per heavy atom. The van der Waals surface area contributed by atoms with Gasteiger partial charge in [0.1, 0.15) is 12.2 Å². The smallest absolute Gasteiger partial charge is 0.335 e. The van der Waals surface area contributed by atoms with Crippen LogP contribution in [0.25, 0.3) is 6.08 Å². The second-order valence-electron chi connectivity index (χ2n) is 7.35. The minimum atomic E-state index is -0.856. The van der Waals surface area contributed by atoms with E-state index in [-0.39, 0.29) is 22.9 Å². The second-order valence-corrected chi connectivity index (χ2v) is 9.05. The monoisotopic (exact) mass is 574 g/mol. The normalized spacial score (nSPS) is 14.8. The Morgan fingerprint density at radius 2 is 1.74 bits per heavy atom. The SMILES string of the molecule is COc1cc(/C=C2\C(=O)NC(=O)N(c3ccc(Cl)cc3)C2=O)cc(Cl)c1OCc1ccccc1Br. The molecule has 0 spiro atoms. The number of ether oxygens (including phenoxy) is 2. The van der Waals surface area contributed by atoms with Crippen molar-refractivity contribution in [1.82, 2.24) is 5.32 Å². The van der Waals surface area contributed by atoms with Crippen LogP contribution in [0.5, 0.6) is 11.5 Å². The van der Waals surface area contributed by atoms with Crippen molar-refractivity contribution in [1.29, 1.82) is 0 Å². The number of methoxy groups -OCH3 is 1. The molecule has 4 amide bonds. The van der Waals surface area contributed by atoms with Crippen LogP contribution in [0, 0.1) is 0 Å². The quantitative estimate of drug-likeness (QED) is 0.287. The summed E-state index contributed by atoms with van der Waals surface area (Å²) in [7, 11) is 1.45. The van der Waals surface area contributed by atoms with Crippen molar-refractivity contribution in [2.24, 2.45) is 0 Å². The standard InChI is InChI=1S/C25H17BrCl2N2O5/c1-34-21-12-14(11-20(28)22(21)35-13-15-4-2-3-5-19(15)26)10-18-23(31)29-25(33)30(24(18)32)17-8-6-16(27)7-9-17/h2-12H,13H2,1H3,(H,29,31,33)/b18-10+. The number of benzene rings is 3. The summed E-state index contributed by atoms with van der Waals surface area (Å²) < 4.78 is 12.2. The number of halogens is 3. The van der Waals surface area contributed by atoms with E-state index in [9.17, 15) is 14.4 Å². The lowest BCUT2D eigenvalue weighted by Gasteiger charge is -2.26. The third-order valence-corrected chi connectivity index (χ3v) is 6.39. The Balaban J connectivity index is 1.64. The first kappa shape index (κ1) is 24.8. The van der Waals surface area contributed by atoms with E-state index in [1.165, 1.54) is 43.5 Å². The molecule has 3 aromatic carbocycles. The molecule has 178 valence electrons. The third kappa shape index (κ3) is 5.35. The number of hydrogen-bond donors (Lipinski definition) is 1. The Hall–Kier alpha value is -3.33. The van der Waals surface area contributed by atoms with Crippen LogP contribution >= 0.6 is 39.1 Å². The fourth-order valence-corrected chi connectivity index (χ4v) is 4.18. The summed E-state index contributed by atoms with van der Waals surface area (Å²) >= 11 is 15.8. The first-order valence-corrected chi connectivity index (χ1v) is 11.7. The molecule has 1 N–H and O–H groups in total. The molecule has 1 heterocycles. The van der Waals surface area contributed by atoms with Gasteiger partial charge in [-0.25, -0.2) is 9.69 Å². The zero-order chi connectivity index (χ0) is 25.1. The number of barbiturate groups is 1. The average Bonchev–Trinajstić information content (AvgIpc) is 2.83. The third-order valence-electron chi connectivity index (χ3n) is 5.08. The topological polar surface area (TPSA) is 84.9 Å². The number of urea groups is 1. The maximum absolute atomic E-state index is 13.1. The fourth-order valence-electron chi connectivity index (χ4n) is 3.38. The lowest BCUT2D eigenvalue weighted by atomic mass is 10.1. The number of amides is 4. The highest BCUT2D eigenvalue weighted by Crippen LogP contribution is 2.38. The number of carbonyl (C=O) groups excluding carboxylic acids is 3. The van der Waals surface area contributed by atoms with Crippen molar-refractivity contribution < 1.29 is 23.9 Å². The summed E-state index contributed by atoms with van der Waals surface area (Å²) in [5.74, 6) is -0.991. The van der Waals surface area contributed by atoms with Crippen LogP contribution in [0.15, 0.2) is 70.7 Å². The van der Waals surface area contributed by atoms with Gasteiger partial charge in [0, 0.05) is 15.1 Å². The van der Waals surface area contributed by atoms with Crippen molar-refractivity contribution in [3.8, 4) is 11.5 Å². The molecule has 0 aliphatic carbocycles. The molecule has 0 bridgehead atoms. The molecule has 0 radical (unpaired) electrons. The van der Waals surface area contributed by atoms with E-state index < -0.39 is 17.8 Å². The lowest BCUT2D eigenvalue weighted by Crippen LogP contribution is -2.54. The highest BCUT2D eigenvalue weighted by Gasteiger charge is 2.36. The molecule has 1 saturated heterocycles. The zero-order valence-corrected chi connectivity index (χ0v) is 21.3. The highest BCUT2D eigenvalue weighted by atomic mass is 79.9. The van der Waals surface area contributed by atoms with Crippen molar-refractivity contribution in [3.63, 3.8) is 0 Å². The number of imide groups is 2. The molecule has 1 fully saturated rings. The molecular weight excluding hydrogens is 559 g/mol. The summed E-state index contributed by atoms with van der Waals surface area (Å²) in [5.41, 5.74) is 1.33. The number of anilines is 1. The van der Waals surface area contributed by atoms with Gasteiger partial charge < -0.3 is 9.47 Å². The molecule has 35 heavy (non-hydrogen) atoms. The molecule has 1 aliphatic heterocycles. The predicted octanol–water partition coefficient (Wildman–Crippen LogP) is 6.01. The largest absolute Gasteiger partial charge is 0.493 e. The van der Waals surface area contributed by atoms with Gasteiger partial charge in [-0.1, -0.05) is 57.3 Å². The number of nitrogens with zero attached hydrogens (tertiary/aromatic N) is 1. The molecule has 4 rings (SSSR count). The number of carbonyl (C=O) groups is 3. The Kier molecular flexibility index (Phi) is 7.45. The van der Waals surface area contributed by atoms with Crippen LogP contribution < -0.4 is 19.7 Å². The van der Waals surface area contributed by atoms with Gasteiger partial charge in [-0.2, -0.15) is 0 Å². The summed E-state index contributed by atoms with van der Waals surface area (Å²) in [6, 6.07) is 15.9. The van der Waals surface area contributed by atoms with Crippen LogP contribution in [0.4, 0.5) is 10.5 Å². The van der Waals surface area contributed by atoms with Gasteiger partial charge in [0.25, 0.3) is 11.8 Å². The van der Waals surface area contributed by atoms with Gasteiger partial charge in [0.15, 0.2) is 11.5 Å². The first-order chi connectivity index (χ1) is 16.8. The van der Waals surface area contributed by atoms with Crippen LogP contribution in [0.2, 0.25) is 10.0 Å². The number of nitrogens with one attached hydrogen (secondary N) is 1. The van der Waals surface area contributed by atoms with E-state index in [1.807, 2.05) is 24.3 Å². The molecule has 10 heteroatoms. The number of hydrogen-bond acceptors (Lipinski definition) is 5. The van der Waals surface area contributed by atoms with Gasteiger partial charge in [-0.3, -0.25) is 14.9 Å². The van der Waals surface area contributed by atoms with Crippen LogP contribution in [-0.4, -0.2) is 25.0 Å². The molecular formula is C25H17BrCl2N2O5. The molecule has 0 unspecified atom stereocenters. The minimum absolute atomic E-state index is 0.220. The molecule has 0 saturated carbocycles. The van der Waals surface area contributed by atoms with Crippen molar-refractivity contribution in [2.45, 2.75) is 6.61 Å². The molecule has 3 aromatic rings. The van der Waals surface area contributed by atoms with Crippen LogP contribution in [0.3, 0.4) is 0 Å². The fraction of sp³-hybridized carbons (Fsp3) is 0.0800. The van der Waals surface area contributed by atoms with Crippen LogP contribution in [0.1, 0.15) is 11.1 Å². The van der Waals surface area contributed by atoms with Crippen molar-refractivity contribution in [2.75, 3.05) is 12.0 Å². The summed E-state index contributed by atoms with van der Waals surface area (Å²) in [5, 5.41) is 2.83. The molecule has 0 atom stereocenters.